The third-order valence-electron chi connectivity index (χ3n) is 5.26. The molecule has 4 rings (SSSR count). The lowest BCUT2D eigenvalue weighted by Gasteiger charge is -2.11. The van der Waals surface area contributed by atoms with E-state index in [1.807, 2.05) is 28.7 Å². The number of unbranched alkanes of at least 4 members (excludes halogenated alkanes) is 1. The zero-order valence-corrected chi connectivity index (χ0v) is 20.4. The van der Waals surface area contributed by atoms with Gasteiger partial charge in [-0.15, -0.1) is 22.0 Å². The maximum absolute atomic E-state index is 13.0. The number of hydrogen-bond acceptors (Lipinski definition) is 6. The highest BCUT2D eigenvalue weighted by molar-refractivity contribution is 7.99. The molecule has 0 aliphatic carbocycles. The van der Waals surface area contributed by atoms with Crippen LogP contribution in [0.25, 0.3) is 16.7 Å². The van der Waals surface area contributed by atoms with E-state index in [0.29, 0.717) is 29.4 Å². The number of rotatable bonds is 10. The number of thioether (sulfide) groups is 2. The summed E-state index contributed by atoms with van der Waals surface area (Å²) < 4.78 is 3.57. The molecular weight excluding hydrogens is 454 g/mol. The highest BCUT2D eigenvalue weighted by Crippen LogP contribution is 2.22. The van der Waals surface area contributed by atoms with Gasteiger partial charge in [0.2, 0.25) is 11.7 Å². The number of nitrogens with one attached hydrogen (secondary N) is 1. The Labute approximate surface area is 201 Å². The van der Waals surface area contributed by atoms with Gasteiger partial charge >= 0.3 is 0 Å². The number of carbonyl (C=O) groups is 1. The minimum absolute atomic E-state index is 0.0510. The first-order valence-electron chi connectivity index (χ1n) is 11.0. The van der Waals surface area contributed by atoms with E-state index in [4.69, 9.17) is 0 Å². The number of benzene rings is 2. The maximum Gasteiger partial charge on any atom is 0.262 e. The van der Waals surface area contributed by atoms with E-state index in [-0.39, 0.29) is 17.2 Å². The molecule has 0 saturated heterocycles. The van der Waals surface area contributed by atoms with Crippen molar-refractivity contribution in [3.63, 3.8) is 0 Å². The molecule has 0 saturated carbocycles. The molecule has 2 heterocycles. The average Bonchev–Trinajstić information content (AvgIpc) is 3.25. The second-order valence-electron chi connectivity index (χ2n) is 7.75. The van der Waals surface area contributed by atoms with Gasteiger partial charge in [0.15, 0.2) is 5.16 Å². The fourth-order valence-corrected chi connectivity index (χ4v) is 5.06. The fourth-order valence-electron chi connectivity index (χ4n) is 3.52. The van der Waals surface area contributed by atoms with Crippen molar-refractivity contribution < 1.29 is 4.79 Å². The summed E-state index contributed by atoms with van der Waals surface area (Å²) in [6, 6.07) is 15.8. The molecule has 0 fully saturated rings. The Hall–Kier alpha value is -2.78. The number of nitrogens with zero attached hydrogens (tertiary/aromatic N) is 4. The van der Waals surface area contributed by atoms with Crippen LogP contribution in [-0.4, -0.2) is 43.1 Å². The van der Waals surface area contributed by atoms with Crippen LogP contribution in [0.5, 0.6) is 0 Å². The predicted molar refractivity (Wildman–Crippen MR) is 135 cm³/mol. The fraction of sp³-hybridized carbons (Fsp3) is 0.333. The van der Waals surface area contributed by atoms with Gasteiger partial charge in [-0.3, -0.25) is 18.6 Å². The smallest absolute Gasteiger partial charge is 0.262 e. The Kier molecular flexibility index (Phi) is 7.72. The highest BCUT2D eigenvalue weighted by Gasteiger charge is 2.17. The van der Waals surface area contributed by atoms with Gasteiger partial charge in [-0.1, -0.05) is 54.9 Å². The normalized spacial score (nSPS) is 11.3. The van der Waals surface area contributed by atoms with Crippen LogP contribution in [0.3, 0.4) is 0 Å². The van der Waals surface area contributed by atoms with Crippen LogP contribution >= 0.6 is 23.5 Å². The van der Waals surface area contributed by atoms with Crippen LogP contribution in [0.4, 0.5) is 0 Å². The molecule has 0 radical (unpaired) electrons. The van der Waals surface area contributed by atoms with E-state index in [1.54, 1.807) is 16.3 Å². The second-order valence-corrected chi connectivity index (χ2v) is 9.86. The van der Waals surface area contributed by atoms with Gasteiger partial charge in [-0.25, -0.2) is 0 Å². The molecule has 0 aliphatic rings. The molecule has 33 heavy (non-hydrogen) atoms. The Morgan fingerprint density at radius 3 is 2.64 bits per heavy atom. The van der Waals surface area contributed by atoms with E-state index in [0.717, 1.165) is 24.1 Å². The summed E-state index contributed by atoms with van der Waals surface area (Å²) in [5.41, 5.74) is 1.94. The maximum atomic E-state index is 13.0. The molecule has 1 amide bonds. The van der Waals surface area contributed by atoms with Gasteiger partial charge in [-0.2, -0.15) is 0 Å². The topological polar surface area (TPSA) is 81.3 Å². The zero-order chi connectivity index (χ0) is 23.2. The molecule has 172 valence electrons. The lowest BCUT2D eigenvalue weighted by Crippen LogP contribution is -2.27. The van der Waals surface area contributed by atoms with Gasteiger partial charge in [0.1, 0.15) is 0 Å². The number of aryl methyl sites for hydroxylation is 2. The predicted octanol–water partition coefficient (Wildman–Crippen LogP) is 4.15. The first-order valence-corrected chi connectivity index (χ1v) is 13.0. The number of aromatic nitrogens is 4. The van der Waals surface area contributed by atoms with Crippen molar-refractivity contribution in [1.29, 1.82) is 0 Å². The van der Waals surface area contributed by atoms with Crippen molar-refractivity contribution in [2.75, 3.05) is 18.1 Å². The molecule has 4 aromatic rings. The van der Waals surface area contributed by atoms with Gasteiger partial charge < -0.3 is 5.32 Å². The molecule has 7 nitrogen and oxygen atoms in total. The molecular formula is C24H27N5O2S2. The third-order valence-corrected chi connectivity index (χ3v) is 7.20. The molecule has 0 atom stereocenters. The van der Waals surface area contributed by atoms with Crippen LogP contribution in [0.15, 0.2) is 63.4 Å². The van der Waals surface area contributed by atoms with Crippen LogP contribution in [0, 0.1) is 6.92 Å². The first kappa shape index (κ1) is 23.4. The van der Waals surface area contributed by atoms with Crippen LogP contribution in [0.1, 0.15) is 25.3 Å². The van der Waals surface area contributed by atoms with Crippen molar-refractivity contribution in [2.24, 2.45) is 0 Å². The quantitative estimate of drug-likeness (QED) is 0.271. The van der Waals surface area contributed by atoms with Gasteiger partial charge in [0, 0.05) is 23.7 Å². The number of carbonyl (C=O) groups excluding carboxylic acids is 1. The van der Waals surface area contributed by atoms with Crippen molar-refractivity contribution >= 4 is 46.1 Å². The Bertz CT molecular complexity index is 1310. The Morgan fingerprint density at radius 2 is 1.85 bits per heavy atom. The summed E-state index contributed by atoms with van der Waals surface area (Å²) in [5, 5.41) is 12.8. The molecule has 2 aromatic carbocycles. The second kappa shape index (κ2) is 10.9. The number of amides is 1. The van der Waals surface area contributed by atoms with Crippen LogP contribution in [0.2, 0.25) is 0 Å². The van der Waals surface area contributed by atoms with Crippen LogP contribution < -0.4 is 10.9 Å². The minimum Gasteiger partial charge on any atom is -0.355 e. The summed E-state index contributed by atoms with van der Waals surface area (Å²) in [4.78, 5) is 26.6. The monoisotopic (exact) mass is 481 g/mol. The van der Waals surface area contributed by atoms with Crippen LogP contribution in [-0.2, 0) is 11.3 Å². The third kappa shape index (κ3) is 5.42. The standard InChI is InChI=1S/C24H27N5O2S2/c1-3-4-14-28-22(31)19-7-5-6-8-20(19)29-23(28)26-27-24(29)33-16-21(30)25-13-15-32-18-11-9-17(2)10-12-18/h5-12H,3-4,13-16H2,1-2H3,(H,25,30). The van der Waals surface area contributed by atoms with Crippen molar-refractivity contribution in [1.82, 2.24) is 24.5 Å². The van der Waals surface area contributed by atoms with Gasteiger partial charge in [0.05, 0.1) is 16.7 Å². The lowest BCUT2D eigenvalue weighted by atomic mass is 10.2. The zero-order valence-electron chi connectivity index (χ0n) is 18.8. The summed E-state index contributed by atoms with van der Waals surface area (Å²) in [6.45, 7) is 5.34. The minimum atomic E-state index is -0.0562. The largest absolute Gasteiger partial charge is 0.355 e. The molecule has 0 unspecified atom stereocenters. The summed E-state index contributed by atoms with van der Waals surface area (Å²) in [6.07, 6.45) is 1.86. The summed E-state index contributed by atoms with van der Waals surface area (Å²) >= 11 is 3.05. The van der Waals surface area contributed by atoms with Crippen molar-refractivity contribution in [3.8, 4) is 0 Å². The Morgan fingerprint density at radius 1 is 1.06 bits per heavy atom. The van der Waals surface area contributed by atoms with E-state index >= 15 is 0 Å². The summed E-state index contributed by atoms with van der Waals surface area (Å²) in [5.74, 6) is 1.51. The highest BCUT2D eigenvalue weighted by atomic mass is 32.2. The van der Waals surface area contributed by atoms with Gasteiger partial charge in [-0.05, 0) is 37.6 Å². The molecule has 9 heteroatoms. The van der Waals surface area contributed by atoms with E-state index in [1.165, 1.54) is 22.2 Å². The lowest BCUT2D eigenvalue weighted by molar-refractivity contribution is -0.118. The van der Waals surface area contributed by atoms with Gasteiger partial charge in [0.25, 0.3) is 5.56 Å². The molecule has 1 N–H and O–H groups in total. The van der Waals surface area contributed by atoms with Crippen molar-refractivity contribution in [3.05, 3.63) is 64.4 Å². The average molecular weight is 482 g/mol. The number of para-hydroxylation sites is 1. The molecule has 0 spiro atoms. The number of hydrogen-bond donors (Lipinski definition) is 1. The SMILES string of the molecule is CCCCn1c(=O)c2ccccc2n2c(SCC(=O)NCCSc3ccc(C)cc3)nnc12. The van der Waals surface area contributed by atoms with Crippen molar-refractivity contribution in [2.45, 2.75) is 43.3 Å². The van der Waals surface area contributed by atoms with E-state index < -0.39 is 0 Å². The summed E-state index contributed by atoms with van der Waals surface area (Å²) in [7, 11) is 0. The van der Waals surface area contributed by atoms with E-state index in [9.17, 15) is 9.59 Å². The molecule has 0 bridgehead atoms. The molecule has 0 aliphatic heterocycles. The first-order chi connectivity index (χ1) is 16.1. The van der Waals surface area contributed by atoms with E-state index in [2.05, 4.69) is 53.6 Å². The Balaban J connectivity index is 1.43. The number of fused-ring (bicyclic) bond motifs is 3. The molecule has 2 aromatic heterocycles.